The molecule has 5 nitrogen and oxygen atoms in total. The zero-order valence-electron chi connectivity index (χ0n) is 15.6. The largest absolute Gasteiger partial charge is 0.487 e. The number of aliphatic imine (C=N–C) groups is 1. The van der Waals surface area contributed by atoms with Crippen molar-refractivity contribution in [2.45, 2.75) is 13.0 Å². The first-order chi connectivity index (χ1) is 14.2. The molecule has 2 aromatic rings. The summed E-state index contributed by atoms with van der Waals surface area (Å²) in [7, 11) is 0. The average Bonchev–Trinajstić information content (AvgIpc) is 3.03. The van der Waals surface area contributed by atoms with Crippen LogP contribution >= 0.6 is 11.6 Å². The van der Waals surface area contributed by atoms with Gasteiger partial charge < -0.3 is 9.64 Å². The van der Waals surface area contributed by atoms with Crippen LogP contribution in [0.3, 0.4) is 0 Å². The van der Waals surface area contributed by atoms with Gasteiger partial charge in [0.2, 0.25) is 0 Å². The first-order valence-electron chi connectivity index (χ1n) is 9.39. The lowest BCUT2D eigenvalue weighted by Crippen LogP contribution is -2.22. The van der Waals surface area contributed by atoms with Crippen molar-refractivity contribution in [2.24, 2.45) is 10.1 Å². The maximum atomic E-state index is 13.3. The molecular formula is C22H18ClFN4O. The third-order valence-corrected chi connectivity index (χ3v) is 5.43. The summed E-state index contributed by atoms with van der Waals surface area (Å²) < 4.78 is 19.1. The number of ether oxygens (including phenoxy) is 1. The van der Waals surface area contributed by atoms with Crippen molar-refractivity contribution < 1.29 is 9.13 Å². The minimum atomic E-state index is -0.284. The monoisotopic (exact) mass is 408 g/mol. The number of benzene rings is 2. The van der Waals surface area contributed by atoms with E-state index in [1.54, 1.807) is 12.3 Å². The molecule has 29 heavy (non-hydrogen) atoms. The molecule has 0 unspecified atom stereocenters. The molecule has 7 heteroatoms. The normalized spacial score (nSPS) is 17.4. The third kappa shape index (κ3) is 3.51. The van der Waals surface area contributed by atoms with E-state index in [2.05, 4.69) is 15.0 Å². The Labute approximate surface area is 173 Å². The molecular weight excluding hydrogens is 391 g/mol. The fraction of sp³-hybridized carbons (Fsp3) is 0.182. The Morgan fingerprint density at radius 1 is 1.17 bits per heavy atom. The van der Waals surface area contributed by atoms with E-state index in [1.807, 2.05) is 41.7 Å². The summed E-state index contributed by atoms with van der Waals surface area (Å²) in [5.41, 5.74) is 5.00. The number of allylic oxidation sites excluding steroid dienone is 1. The van der Waals surface area contributed by atoms with Gasteiger partial charge in [-0.2, -0.15) is 5.10 Å². The van der Waals surface area contributed by atoms with Gasteiger partial charge in [0.05, 0.1) is 29.2 Å². The molecule has 0 aromatic heterocycles. The van der Waals surface area contributed by atoms with Crippen LogP contribution in [0, 0.1) is 5.82 Å². The van der Waals surface area contributed by atoms with Gasteiger partial charge in [0.25, 0.3) is 0 Å². The highest BCUT2D eigenvalue weighted by Gasteiger charge is 2.29. The second-order valence-corrected chi connectivity index (χ2v) is 7.45. The summed E-state index contributed by atoms with van der Waals surface area (Å²) >= 11 is 6.46. The molecule has 146 valence electrons. The van der Waals surface area contributed by atoms with E-state index in [0.29, 0.717) is 17.3 Å². The Morgan fingerprint density at radius 3 is 2.97 bits per heavy atom. The van der Waals surface area contributed by atoms with Crippen molar-refractivity contribution in [1.29, 1.82) is 0 Å². The molecule has 3 aliphatic heterocycles. The van der Waals surface area contributed by atoms with Crippen LogP contribution in [0.4, 0.5) is 10.1 Å². The molecule has 0 N–H and O–H groups in total. The lowest BCUT2D eigenvalue weighted by atomic mass is 10.1. The van der Waals surface area contributed by atoms with Crippen LogP contribution in [0.5, 0.6) is 5.75 Å². The molecule has 0 atom stereocenters. The molecule has 3 aliphatic rings. The van der Waals surface area contributed by atoms with Crippen molar-refractivity contribution in [3.8, 4) is 5.75 Å². The first kappa shape index (κ1) is 17.9. The van der Waals surface area contributed by atoms with Crippen LogP contribution in [0.15, 0.2) is 76.2 Å². The lowest BCUT2D eigenvalue weighted by Gasteiger charge is -2.20. The van der Waals surface area contributed by atoms with Crippen molar-refractivity contribution in [2.75, 3.05) is 18.1 Å². The van der Waals surface area contributed by atoms with Gasteiger partial charge in [0.1, 0.15) is 23.9 Å². The Kier molecular flexibility index (Phi) is 4.56. The van der Waals surface area contributed by atoms with Crippen LogP contribution in [0.1, 0.15) is 12.0 Å². The fourth-order valence-corrected chi connectivity index (χ4v) is 3.96. The summed E-state index contributed by atoms with van der Waals surface area (Å²) in [5, 5.41) is 7.02. The molecule has 0 saturated carbocycles. The minimum Gasteiger partial charge on any atom is -0.487 e. The molecule has 3 heterocycles. The highest BCUT2D eigenvalue weighted by Crippen LogP contribution is 2.34. The molecule has 2 aromatic carbocycles. The van der Waals surface area contributed by atoms with Crippen molar-refractivity contribution in [1.82, 2.24) is 4.90 Å². The van der Waals surface area contributed by atoms with E-state index in [0.717, 1.165) is 29.9 Å². The maximum Gasteiger partial charge on any atom is 0.138 e. The summed E-state index contributed by atoms with van der Waals surface area (Å²) in [5.74, 6) is 0.266. The van der Waals surface area contributed by atoms with Crippen LogP contribution in [0.2, 0.25) is 5.02 Å². The minimum absolute atomic E-state index is 0.248. The number of nitrogens with zero attached hydrogens (tertiary/aromatic N) is 4. The van der Waals surface area contributed by atoms with Crippen molar-refractivity contribution in [3.05, 3.63) is 82.5 Å². The molecule has 0 aliphatic carbocycles. The van der Waals surface area contributed by atoms with Gasteiger partial charge in [0.15, 0.2) is 0 Å². The van der Waals surface area contributed by atoms with E-state index in [9.17, 15) is 4.39 Å². The van der Waals surface area contributed by atoms with Gasteiger partial charge in [-0.05, 0) is 47.9 Å². The zero-order valence-corrected chi connectivity index (χ0v) is 16.3. The van der Waals surface area contributed by atoms with E-state index in [4.69, 9.17) is 16.3 Å². The standard InChI is InChI=1S/C22H18ClFN4O/c23-19-11-18(4-5-21(19)29-14-15-2-1-3-17(24)10-15)28-13-16-6-8-27-9-7-25-20(12-26-28)22(16)27/h1-5,7,9-12H,6,8,13-14H2. The summed E-state index contributed by atoms with van der Waals surface area (Å²) in [6, 6.07) is 11.9. The average molecular weight is 409 g/mol. The predicted molar refractivity (Wildman–Crippen MR) is 113 cm³/mol. The third-order valence-electron chi connectivity index (χ3n) is 5.14. The smallest absolute Gasteiger partial charge is 0.138 e. The number of rotatable bonds is 4. The van der Waals surface area contributed by atoms with Crippen molar-refractivity contribution in [3.63, 3.8) is 0 Å². The summed E-state index contributed by atoms with van der Waals surface area (Å²) in [6.45, 7) is 1.90. The predicted octanol–water partition coefficient (Wildman–Crippen LogP) is 4.75. The highest BCUT2D eigenvalue weighted by atomic mass is 35.5. The van der Waals surface area contributed by atoms with Crippen LogP contribution < -0.4 is 9.75 Å². The number of hydrogen-bond donors (Lipinski definition) is 0. The van der Waals surface area contributed by atoms with Gasteiger partial charge in [-0.1, -0.05) is 23.7 Å². The second-order valence-electron chi connectivity index (χ2n) is 7.04. The number of halogens is 2. The van der Waals surface area contributed by atoms with Gasteiger partial charge in [-0.25, -0.2) is 4.39 Å². The van der Waals surface area contributed by atoms with Gasteiger partial charge in [-0.3, -0.25) is 10.0 Å². The number of anilines is 1. The lowest BCUT2D eigenvalue weighted by molar-refractivity contribution is 0.306. The van der Waals surface area contributed by atoms with Crippen LogP contribution in [-0.4, -0.2) is 29.9 Å². The Hall–Kier alpha value is -3.12. The highest BCUT2D eigenvalue weighted by molar-refractivity contribution is 6.39. The van der Waals surface area contributed by atoms with Gasteiger partial charge >= 0.3 is 0 Å². The van der Waals surface area contributed by atoms with Crippen LogP contribution in [-0.2, 0) is 6.61 Å². The molecule has 0 radical (unpaired) electrons. The summed E-state index contributed by atoms with van der Waals surface area (Å²) in [6.07, 6.45) is 6.61. The SMILES string of the molecule is Fc1cccc(COc2ccc(N3CC4=C5C(=NC=CN5CC4)C=N3)cc2Cl)c1. The molecule has 0 amide bonds. The van der Waals surface area contributed by atoms with E-state index >= 15 is 0 Å². The molecule has 0 fully saturated rings. The Morgan fingerprint density at radius 2 is 2.10 bits per heavy atom. The maximum absolute atomic E-state index is 13.3. The van der Waals surface area contributed by atoms with Gasteiger partial charge in [-0.15, -0.1) is 0 Å². The molecule has 0 bridgehead atoms. The second kappa shape index (κ2) is 7.37. The van der Waals surface area contributed by atoms with Crippen molar-refractivity contribution >= 4 is 29.2 Å². The van der Waals surface area contributed by atoms with E-state index in [1.165, 1.54) is 23.4 Å². The molecule has 0 spiro atoms. The van der Waals surface area contributed by atoms with E-state index in [-0.39, 0.29) is 12.4 Å². The molecule has 5 rings (SSSR count). The first-order valence-corrected chi connectivity index (χ1v) is 9.77. The summed E-state index contributed by atoms with van der Waals surface area (Å²) in [4.78, 5) is 6.68. The number of hydrazone groups is 1. The Balaban J connectivity index is 1.35. The zero-order chi connectivity index (χ0) is 19.8. The van der Waals surface area contributed by atoms with Crippen LogP contribution in [0.25, 0.3) is 0 Å². The Bertz CT molecular complexity index is 1090. The quantitative estimate of drug-likeness (QED) is 0.733. The van der Waals surface area contributed by atoms with E-state index < -0.39 is 0 Å². The molecule has 0 saturated heterocycles. The van der Waals surface area contributed by atoms with Gasteiger partial charge in [0, 0.05) is 18.9 Å². The number of hydrogen-bond acceptors (Lipinski definition) is 5. The topological polar surface area (TPSA) is 40.4 Å². The fourth-order valence-electron chi connectivity index (χ4n) is 3.73.